The summed E-state index contributed by atoms with van der Waals surface area (Å²) in [6, 6.07) is 0.578. The highest BCUT2D eigenvalue weighted by atomic mass is 16.2. The summed E-state index contributed by atoms with van der Waals surface area (Å²) >= 11 is 0. The van der Waals surface area contributed by atoms with Crippen molar-refractivity contribution in [1.82, 2.24) is 10.2 Å². The molecular formula is C12H22N2O. The van der Waals surface area contributed by atoms with Crippen LogP contribution < -0.4 is 5.32 Å². The maximum atomic E-state index is 12.3. The highest BCUT2D eigenvalue weighted by molar-refractivity contribution is 5.83. The number of amides is 1. The first kappa shape index (κ1) is 10.9. The van der Waals surface area contributed by atoms with Crippen molar-refractivity contribution in [3.05, 3.63) is 0 Å². The van der Waals surface area contributed by atoms with Gasteiger partial charge in [0.05, 0.1) is 6.04 Å². The first-order valence-corrected chi connectivity index (χ1v) is 6.07. The summed E-state index contributed by atoms with van der Waals surface area (Å²) in [5.74, 6) is 0.322. The second-order valence-corrected chi connectivity index (χ2v) is 5.49. The van der Waals surface area contributed by atoms with Gasteiger partial charge in [-0.1, -0.05) is 0 Å². The Kier molecular flexibility index (Phi) is 2.75. The molecule has 0 radical (unpaired) electrons. The molecule has 3 heteroatoms. The van der Waals surface area contributed by atoms with E-state index in [2.05, 4.69) is 24.1 Å². The van der Waals surface area contributed by atoms with Crippen molar-refractivity contribution in [1.29, 1.82) is 0 Å². The Hall–Kier alpha value is -0.570. The molecule has 3 nitrogen and oxygen atoms in total. The van der Waals surface area contributed by atoms with Crippen LogP contribution >= 0.6 is 0 Å². The average molecular weight is 210 g/mol. The van der Waals surface area contributed by atoms with Crippen LogP contribution in [0.2, 0.25) is 0 Å². The maximum Gasteiger partial charge on any atom is 0.240 e. The average Bonchev–Trinajstić information content (AvgIpc) is 2.94. The molecule has 0 spiro atoms. The van der Waals surface area contributed by atoms with Crippen LogP contribution in [0.25, 0.3) is 0 Å². The molecule has 2 rings (SSSR count). The maximum absolute atomic E-state index is 12.3. The van der Waals surface area contributed by atoms with Gasteiger partial charge in [-0.2, -0.15) is 0 Å². The van der Waals surface area contributed by atoms with Crippen LogP contribution in [0.4, 0.5) is 0 Å². The van der Waals surface area contributed by atoms with E-state index in [0.717, 1.165) is 19.3 Å². The molecule has 15 heavy (non-hydrogen) atoms. The number of carbonyl (C=O) groups is 1. The molecule has 1 unspecified atom stereocenters. The minimum atomic E-state index is 0.0485. The van der Waals surface area contributed by atoms with E-state index >= 15 is 0 Å². The lowest BCUT2D eigenvalue weighted by molar-refractivity contribution is -0.138. The smallest absolute Gasteiger partial charge is 0.240 e. The molecule has 0 aromatic heterocycles. The zero-order valence-electron chi connectivity index (χ0n) is 10.0. The summed E-state index contributed by atoms with van der Waals surface area (Å²) in [5, 5.41) is 3.15. The van der Waals surface area contributed by atoms with Crippen LogP contribution in [0.15, 0.2) is 0 Å². The fourth-order valence-electron chi connectivity index (χ4n) is 2.72. The number of likely N-dealkylation sites (tertiary alicyclic amines) is 1. The summed E-state index contributed by atoms with van der Waals surface area (Å²) in [4.78, 5) is 14.5. The van der Waals surface area contributed by atoms with Crippen molar-refractivity contribution in [3.63, 3.8) is 0 Å². The molecule has 1 saturated carbocycles. The van der Waals surface area contributed by atoms with Crippen LogP contribution in [0.3, 0.4) is 0 Å². The van der Waals surface area contributed by atoms with Crippen LogP contribution in [0, 0.1) is 0 Å². The summed E-state index contributed by atoms with van der Waals surface area (Å²) < 4.78 is 0. The quantitative estimate of drug-likeness (QED) is 0.749. The van der Waals surface area contributed by atoms with Crippen molar-refractivity contribution >= 4 is 5.91 Å². The fourth-order valence-corrected chi connectivity index (χ4v) is 2.72. The number of likely N-dealkylation sites (N-methyl/N-ethyl adjacent to an activating group) is 1. The Bertz CT molecular complexity index is 258. The van der Waals surface area contributed by atoms with Gasteiger partial charge >= 0.3 is 0 Å². The van der Waals surface area contributed by atoms with E-state index in [-0.39, 0.29) is 11.6 Å². The lowest BCUT2D eigenvalue weighted by Gasteiger charge is -2.38. The molecular weight excluding hydrogens is 188 g/mol. The second kappa shape index (κ2) is 3.78. The zero-order chi connectivity index (χ0) is 11.1. The van der Waals surface area contributed by atoms with Gasteiger partial charge in [-0.05, 0) is 53.0 Å². The molecule has 0 aromatic rings. The molecule has 2 fully saturated rings. The Labute approximate surface area is 92.2 Å². The summed E-state index contributed by atoms with van der Waals surface area (Å²) in [7, 11) is 1.89. The van der Waals surface area contributed by atoms with Gasteiger partial charge in [-0.25, -0.2) is 0 Å². The number of carbonyl (C=O) groups excluding carboxylic acids is 1. The van der Waals surface area contributed by atoms with E-state index in [1.54, 1.807) is 0 Å². The first-order chi connectivity index (χ1) is 7.06. The fraction of sp³-hybridized carbons (Fsp3) is 0.917. The lowest BCUT2D eigenvalue weighted by atomic mass is 9.96. The third-order valence-electron chi connectivity index (χ3n) is 3.73. The molecule has 1 amide bonds. The number of rotatable bonds is 2. The Morgan fingerprint density at radius 1 is 1.33 bits per heavy atom. The molecule has 1 heterocycles. The molecule has 2 aliphatic rings. The Morgan fingerprint density at radius 2 is 2.00 bits per heavy atom. The number of nitrogens with zero attached hydrogens (tertiary/aromatic N) is 1. The van der Waals surface area contributed by atoms with E-state index < -0.39 is 0 Å². The first-order valence-electron chi connectivity index (χ1n) is 6.07. The van der Waals surface area contributed by atoms with E-state index in [1.165, 1.54) is 12.8 Å². The molecule has 0 bridgehead atoms. The van der Waals surface area contributed by atoms with Gasteiger partial charge in [0.15, 0.2) is 0 Å². The summed E-state index contributed by atoms with van der Waals surface area (Å²) in [5.41, 5.74) is 0.0594. The van der Waals surface area contributed by atoms with Gasteiger partial charge in [0.2, 0.25) is 5.91 Å². The van der Waals surface area contributed by atoms with Gasteiger partial charge in [-0.3, -0.25) is 4.79 Å². The van der Waals surface area contributed by atoms with Crippen LogP contribution in [-0.2, 0) is 4.79 Å². The lowest BCUT2D eigenvalue weighted by Crippen LogP contribution is -2.53. The van der Waals surface area contributed by atoms with Crippen LogP contribution in [-0.4, -0.2) is 35.5 Å². The normalized spacial score (nSPS) is 31.5. The highest BCUT2D eigenvalue weighted by Gasteiger charge is 2.44. The Balaban J connectivity index is 2.21. The molecule has 1 aliphatic carbocycles. The standard InChI is InChI=1S/C12H22N2O/c1-12(2)8-4-5-10(13-3)11(15)14(12)9-6-7-9/h9-10,13H,4-8H2,1-3H3. The minimum absolute atomic E-state index is 0.0485. The highest BCUT2D eigenvalue weighted by Crippen LogP contribution is 2.37. The van der Waals surface area contributed by atoms with E-state index in [4.69, 9.17) is 0 Å². The van der Waals surface area contributed by atoms with E-state index in [0.29, 0.717) is 11.9 Å². The Morgan fingerprint density at radius 3 is 2.53 bits per heavy atom. The van der Waals surface area contributed by atoms with E-state index in [9.17, 15) is 4.79 Å². The zero-order valence-corrected chi connectivity index (χ0v) is 10.0. The number of nitrogens with one attached hydrogen (secondary N) is 1. The van der Waals surface area contributed by atoms with Crippen LogP contribution in [0.1, 0.15) is 46.0 Å². The molecule has 1 atom stereocenters. The largest absolute Gasteiger partial charge is 0.333 e. The number of hydrogen-bond acceptors (Lipinski definition) is 2. The van der Waals surface area contributed by atoms with Crippen molar-refractivity contribution in [2.75, 3.05) is 7.05 Å². The predicted molar refractivity (Wildman–Crippen MR) is 60.6 cm³/mol. The third kappa shape index (κ3) is 2.03. The van der Waals surface area contributed by atoms with Crippen LogP contribution in [0.5, 0.6) is 0 Å². The van der Waals surface area contributed by atoms with Gasteiger partial charge in [0, 0.05) is 11.6 Å². The predicted octanol–water partition coefficient (Wildman–Crippen LogP) is 1.53. The molecule has 0 aromatic carbocycles. The van der Waals surface area contributed by atoms with Crippen molar-refractivity contribution < 1.29 is 4.79 Å². The number of hydrogen-bond donors (Lipinski definition) is 1. The van der Waals surface area contributed by atoms with E-state index in [1.807, 2.05) is 7.05 Å². The topological polar surface area (TPSA) is 32.3 Å². The van der Waals surface area contributed by atoms with Crippen molar-refractivity contribution in [2.45, 2.75) is 63.6 Å². The third-order valence-corrected chi connectivity index (χ3v) is 3.73. The van der Waals surface area contributed by atoms with Crippen molar-refractivity contribution in [2.24, 2.45) is 0 Å². The SMILES string of the molecule is CNC1CCCC(C)(C)N(C2CC2)C1=O. The molecule has 1 aliphatic heterocycles. The molecule has 1 N–H and O–H groups in total. The monoisotopic (exact) mass is 210 g/mol. The summed E-state index contributed by atoms with van der Waals surface area (Å²) in [6.45, 7) is 4.42. The van der Waals surface area contributed by atoms with Gasteiger partial charge in [-0.15, -0.1) is 0 Å². The molecule has 86 valence electrons. The second-order valence-electron chi connectivity index (χ2n) is 5.49. The van der Waals surface area contributed by atoms with Gasteiger partial charge < -0.3 is 10.2 Å². The van der Waals surface area contributed by atoms with Crippen molar-refractivity contribution in [3.8, 4) is 0 Å². The molecule has 1 saturated heterocycles. The summed E-state index contributed by atoms with van der Waals surface area (Å²) in [6.07, 6.45) is 5.67. The minimum Gasteiger partial charge on any atom is -0.333 e. The van der Waals surface area contributed by atoms with Gasteiger partial charge in [0.25, 0.3) is 0 Å². The van der Waals surface area contributed by atoms with Gasteiger partial charge in [0.1, 0.15) is 0 Å².